The van der Waals surface area contributed by atoms with Crippen molar-refractivity contribution in [1.29, 1.82) is 0 Å². The first-order chi connectivity index (χ1) is 17.7. The van der Waals surface area contributed by atoms with E-state index in [-0.39, 0.29) is 22.7 Å². The fourth-order valence-electron chi connectivity index (χ4n) is 4.89. The first-order valence-electron chi connectivity index (χ1n) is 12.1. The maximum Gasteiger partial charge on any atom is 0.435 e. The Labute approximate surface area is 218 Å². The Balaban J connectivity index is 1.43. The van der Waals surface area contributed by atoms with E-state index in [0.717, 1.165) is 25.3 Å². The lowest BCUT2D eigenvalue weighted by Crippen LogP contribution is -2.36. The average molecular weight is 524 g/mol. The predicted octanol–water partition coefficient (Wildman–Crippen LogP) is 7.37. The molecule has 0 radical (unpaired) electrons. The minimum Gasteiger partial charge on any atom is -0.335 e. The van der Waals surface area contributed by atoms with Crippen LogP contribution in [0.3, 0.4) is 0 Å². The number of hydrogen-bond acceptors (Lipinski definition) is 2. The number of likely N-dealkylation sites (tertiary alicyclic amines) is 1. The van der Waals surface area contributed by atoms with Crippen molar-refractivity contribution in [2.45, 2.75) is 38.4 Å². The third-order valence-corrected chi connectivity index (χ3v) is 7.18. The van der Waals surface area contributed by atoms with Crippen LogP contribution in [0.15, 0.2) is 78.9 Å². The molecule has 0 saturated carbocycles. The highest BCUT2D eigenvalue weighted by Crippen LogP contribution is 2.35. The van der Waals surface area contributed by atoms with Gasteiger partial charge >= 0.3 is 6.18 Å². The molecule has 5 rings (SSSR count). The molecule has 4 nitrogen and oxygen atoms in total. The van der Waals surface area contributed by atoms with E-state index in [2.05, 4.69) is 24.2 Å². The monoisotopic (exact) mass is 523 g/mol. The molecule has 1 aromatic heterocycles. The standard InChI is InChI=1S/C29H25ClF3N3O/c1-19-7-2-3-8-22(19)17-23-9-6-16-35(23)28(37)21-14-12-20(13-15-21)26-18-27(29(31,32)33)34-36(26)25-11-5-4-10-24(25)30/h2-5,7-8,10-15,18,23H,6,9,16-17H2,1H3. The zero-order valence-electron chi connectivity index (χ0n) is 20.2. The molecule has 0 bridgehead atoms. The number of nitrogens with zero attached hydrogens (tertiary/aromatic N) is 3. The Morgan fingerprint density at radius 2 is 1.73 bits per heavy atom. The van der Waals surface area contributed by atoms with Crippen LogP contribution < -0.4 is 0 Å². The largest absolute Gasteiger partial charge is 0.435 e. The van der Waals surface area contributed by atoms with E-state index in [1.807, 2.05) is 17.0 Å². The molecule has 1 amide bonds. The number of halogens is 4. The van der Waals surface area contributed by atoms with Crippen LogP contribution in [0.25, 0.3) is 16.9 Å². The minimum absolute atomic E-state index is 0.0711. The highest BCUT2D eigenvalue weighted by molar-refractivity contribution is 6.32. The summed E-state index contributed by atoms with van der Waals surface area (Å²) in [4.78, 5) is 15.3. The molecule has 1 unspecified atom stereocenters. The first kappa shape index (κ1) is 25.1. The summed E-state index contributed by atoms with van der Waals surface area (Å²) >= 11 is 6.27. The van der Waals surface area contributed by atoms with Crippen molar-refractivity contribution >= 4 is 17.5 Å². The Morgan fingerprint density at radius 3 is 2.43 bits per heavy atom. The van der Waals surface area contributed by atoms with Crippen LogP contribution >= 0.6 is 11.6 Å². The molecule has 37 heavy (non-hydrogen) atoms. The molecule has 0 spiro atoms. The van der Waals surface area contributed by atoms with Gasteiger partial charge in [0.05, 0.1) is 16.4 Å². The van der Waals surface area contributed by atoms with E-state index in [1.165, 1.54) is 15.8 Å². The van der Waals surface area contributed by atoms with Gasteiger partial charge in [-0.05, 0) is 67.6 Å². The zero-order chi connectivity index (χ0) is 26.2. The highest BCUT2D eigenvalue weighted by atomic mass is 35.5. The fraction of sp³-hybridized carbons (Fsp3) is 0.241. The van der Waals surface area contributed by atoms with Gasteiger partial charge < -0.3 is 4.90 Å². The number of aryl methyl sites for hydroxylation is 1. The summed E-state index contributed by atoms with van der Waals surface area (Å²) in [5, 5.41) is 4.08. The third kappa shape index (κ3) is 5.14. The van der Waals surface area contributed by atoms with Crippen molar-refractivity contribution in [3.8, 4) is 16.9 Å². The molecular weight excluding hydrogens is 499 g/mol. The predicted molar refractivity (Wildman–Crippen MR) is 138 cm³/mol. The number of carbonyl (C=O) groups is 1. The molecule has 1 fully saturated rings. The van der Waals surface area contributed by atoms with Crippen LogP contribution in [0.5, 0.6) is 0 Å². The molecule has 0 N–H and O–H groups in total. The van der Waals surface area contributed by atoms with Crippen LogP contribution in [-0.2, 0) is 12.6 Å². The molecule has 8 heteroatoms. The van der Waals surface area contributed by atoms with Gasteiger partial charge in [0.2, 0.25) is 0 Å². The molecule has 1 atom stereocenters. The molecule has 1 saturated heterocycles. The molecule has 2 heterocycles. The van der Waals surface area contributed by atoms with E-state index in [0.29, 0.717) is 23.4 Å². The Hall–Kier alpha value is -3.58. The van der Waals surface area contributed by atoms with Crippen LogP contribution in [0, 0.1) is 6.92 Å². The number of amides is 1. The zero-order valence-corrected chi connectivity index (χ0v) is 20.9. The second-order valence-electron chi connectivity index (χ2n) is 9.28. The van der Waals surface area contributed by atoms with Gasteiger partial charge in [-0.25, -0.2) is 4.68 Å². The number of alkyl halides is 3. The number of aromatic nitrogens is 2. The Kier molecular flexibility index (Phi) is 6.82. The number of benzene rings is 3. The van der Waals surface area contributed by atoms with E-state index < -0.39 is 11.9 Å². The average Bonchev–Trinajstić information content (AvgIpc) is 3.53. The molecule has 190 valence electrons. The van der Waals surface area contributed by atoms with Gasteiger partial charge in [-0.1, -0.05) is 60.1 Å². The van der Waals surface area contributed by atoms with Gasteiger partial charge in [-0.3, -0.25) is 4.79 Å². The Bertz CT molecular complexity index is 1430. The van der Waals surface area contributed by atoms with Crippen LogP contribution in [-0.4, -0.2) is 33.2 Å². The second kappa shape index (κ2) is 10.1. The number of hydrogen-bond donors (Lipinski definition) is 0. The molecule has 1 aliphatic heterocycles. The van der Waals surface area contributed by atoms with Gasteiger partial charge in [0.25, 0.3) is 5.91 Å². The SMILES string of the molecule is Cc1ccccc1CC1CCCN1C(=O)c1ccc(-c2cc(C(F)(F)F)nn2-c2ccccc2Cl)cc1. The van der Waals surface area contributed by atoms with Crippen LogP contribution in [0.2, 0.25) is 5.02 Å². The quantitative estimate of drug-likeness (QED) is 0.274. The summed E-state index contributed by atoms with van der Waals surface area (Å²) in [6, 6.07) is 22.5. The van der Waals surface area contributed by atoms with Crippen molar-refractivity contribution in [3.63, 3.8) is 0 Å². The van der Waals surface area contributed by atoms with E-state index in [1.54, 1.807) is 48.5 Å². The lowest BCUT2D eigenvalue weighted by Gasteiger charge is -2.25. The van der Waals surface area contributed by atoms with Gasteiger partial charge in [0, 0.05) is 23.7 Å². The van der Waals surface area contributed by atoms with Crippen molar-refractivity contribution < 1.29 is 18.0 Å². The topological polar surface area (TPSA) is 38.1 Å². The van der Waals surface area contributed by atoms with Crippen molar-refractivity contribution in [1.82, 2.24) is 14.7 Å². The maximum absolute atomic E-state index is 13.5. The van der Waals surface area contributed by atoms with Gasteiger partial charge in [0.15, 0.2) is 5.69 Å². The minimum atomic E-state index is -4.61. The van der Waals surface area contributed by atoms with Crippen molar-refractivity contribution in [2.24, 2.45) is 0 Å². The molecule has 3 aromatic carbocycles. The summed E-state index contributed by atoms with van der Waals surface area (Å²) in [6.07, 6.45) is -1.93. The number of rotatable bonds is 5. The molecule has 1 aliphatic rings. The fourth-order valence-corrected chi connectivity index (χ4v) is 5.11. The number of carbonyl (C=O) groups excluding carboxylic acids is 1. The molecular formula is C29H25ClF3N3O. The van der Waals surface area contributed by atoms with Gasteiger partial charge in [-0.15, -0.1) is 0 Å². The second-order valence-corrected chi connectivity index (χ2v) is 9.69. The lowest BCUT2D eigenvalue weighted by atomic mass is 9.99. The van der Waals surface area contributed by atoms with Gasteiger partial charge in [-0.2, -0.15) is 18.3 Å². The normalized spacial score (nSPS) is 15.8. The summed E-state index contributed by atoms with van der Waals surface area (Å²) < 4.78 is 41.7. The highest BCUT2D eigenvalue weighted by Gasteiger charge is 2.35. The van der Waals surface area contributed by atoms with Crippen molar-refractivity contribution in [3.05, 3.63) is 106 Å². The number of para-hydroxylation sites is 1. The summed E-state index contributed by atoms with van der Waals surface area (Å²) in [7, 11) is 0. The van der Waals surface area contributed by atoms with E-state index >= 15 is 0 Å². The first-order valence-corrected chi connectivity index (χ1v) is 12.5. The van der Waals surface area contributed by atoms with Crippen molar-refractivity contribution in [2.75, 3.05) is 6.54 Å². The van der Waals surface area contributed by atoms with Crippen LogP contribution in [0.4, 0.5) is 13.2 Å². The summed E-state index contributed by atoms with van der Waals surface area (Å²) in [5.41, 5.74) is 3.00. The maximum atomic E-state index is 13.5. The van der Waals surface area contributed by atoms with E-state index in [4.69, 9.17) is 11.6 Å². The molecule has 0 aliphatic carbocycles. The smallest absolute Gasteiger partial charge is 0.335 e. The van der Waals surface area contributed by atoms with Gasteiger partial charge in [0.1, 0.15) is 0 Å². The van der Waals surface area contributed by atoms with Crippen LogP contribution in [0.1, 0.15) is 40.0 Å². The summed E-state index contributed by atoms with van der Waals surface area (Å²) in [6.45, 7) is 2.76. The lowest BCUT2D eigenvalue weighted by molar-refractivity contribution is -0.141. The molecule has 4 aromatic rings. The third-order valence-electron chi connectivity index (χ3n) is 6.86. The van der Waals surface area contributed by atoms with E-state index in [9.17, 15) is 18.0 Å². The Morgan fingerprint density at radius 1 is 1.03 bits per heavy atom. The summed E-state index contributed by atoms with van der Waals surface area (Å²) in [5.74, 6) is -0.0711.